The fraction of sp³-hybridized carbons (Fsp3) is 0.600. The minimum atomic E-state index is -0.508. The highest BCUT2D eigenvalue weighted by atomic mass is 16.3. The summed E-state index contributed by atoms with van der Waals surface area (Å²) in [5, 5.41) is 12.3. The number of pyridine rings is 1. The third-order valence-electron chi connectivity index (χ3n) is 3.68. The Morgan fingerprint density at radius 2 is 2.24 bits per heavy atom. The second kappa shape index (κ2) is 7.26. The molecule has 2 amide bonds. The maximum absolute atomic E-state index is 12.0. The van der Waals surface area contributed by atoms with Crippen molar-refractivity contribution in [2.75, 3.05) is 31.6 Å². The zero-order valence-electron chi connectivity index (χ0n) is 12.7. The van der Waals surface area contributed by atoms with Crippen molar-refractivity contribution in [3.63, 3.8) is 0 Å². The lowest BCUT2D eigenvalue weighted by Gasteiger charge is -2.34. The summed E-state index contributed by atoms with van der Waals surface area (Å²) in [6, 6.07) is 5.98. The van der Waals surface area contributed by atoms with Crippen LogP contribution in [-0.4, -0.2) is 59.8 Å². The molecular weight excluding hydrogens is 268 g/mol. The Kier molecular flexibility index (Phi) is 5.38. The second-order valence-electron chi connectivity index (χ2n) is 5.63. The quantitative estimate of drug-likeness (QED) is 0.871. The maximum atomic E-state index is 12.0. The molecule has 2 rings (SSSR count). The SMILES string of the molecule is CC(O)CN(C)C(=O)NC1CCN(c2ccccn2)CC1. The predicted molar refractivity (Wildman–Crippen MR) is 82.3 cm³/mol. The van der Waals surface area contributed by atoms with Crippen LogP contribution in [0.4, 0.5) is 10.6 Å². The van der Waals surface area contributed by atoms with E-state index < -0.39 is 6.10 Å². The van der Waals surface area contributed by atoms with Gasteiger partial charge in [-0.3, -0.25) is 0 Å². The average molecular weight is 292 g/mol. The average Bonchev–Trinajstić information content (AvgIpc) is 2.48. The number of piperidine rings is 1. The van der Waals surface area contributed by atoms with Crippen molar-refractivity contribution in [2.24, 2.45) is 0 Å². The first kappa shape index (κ1) is 15.6. The van der Waals surface area contributed by atoms with Crippen molar-refractivity contribution in [2.45, 2.75) is 31.9 Å². The highest BCUT2D eigenvalue weighted by Crippen LogP contribution is 2.17. The molecule has 0 radical (unpaired) electrons. The lowest BCUT2D eigenvalue weighted by molar-refractivity contribution is 0.141. The van der Waals surface area contributed by atoms with Crippen LogP contribution in [0.5, 0.6) is 0 Å². The summed E-state index contributed by atoms with van der Waals surface area (Å²) < 4.78 is 0. The number of carbonyl (C=O) groups is 1. The standard InChI is InChI=1S/C15H24N4O2/c1-12(20)11-18(2)15(21)17-13-6-9-19(10-7-13)14-5-3-4-8-16-14/h3-5,8,12-13,20H,6-7,9-11H2,1-2H3,(H,17,21). The molecule has 0 bridgehead atoms. The van der Waals surface area contributed by atoms with Crippen LogP contribution >= 0.6 is 0 Å². The van der Waals surface area contributed by atoms with Gasteiger partial charge < -0.3 is 20.2 Å². The van der Waals surface area contributed by atoms with E-state index in [2.05, 4.69) is 15.2 Å². The third kappa shape index (κ3) is 4.60. The van der Waals surface area contributed by atoms with E-state index in [0.29, 0.717) is 6.54 Å². The number of carbonyl (C=O) groups excluding carboxylic acids is 1. The molecule has 0 aromatic carbocycles. The van der Waals surface area contributed by atoms with E-state index in [0.717, 1.165) is 31.7 Å². The Morgan fingerprint density at radius 1 is 1.52 bits per heavy atom. The van der Waals surface area contributed by atoms with Crippen LogP contribution in [0.3, 0.4) is 0 Å². The van der Waals surface area contributed by atoms with Crippen molar-refractivity contribution in [1.82, 2.24) is 15.2 Å². The molecule has 2 N–H and O–H groups in total. The monoisotopic (exact) mass is 292 g/mol. The Bertz CT molecular complexity index is 444. The summed E-state index contributed by atoms with van der Waals surface area (Å²) in [6.45, 7) is 3.80. The maximum Gasteiger partial charge on any atom is 0.317 e. The summed E-state index contributed by atoms with van der Waals surface area (Å²) in [7, 11) is 1.70. The Morgan fingerprint density at radius 3 is 2.81 bits per heavy atom. The molecule has 0 spiro atoms. The molecule has 6 nitrogen and oxygen atoms in total. The van der Waals surface area contributed by atoms with Gasteiger partial charge in [-0.05, 0) is 31.9 Å². The van der Waals surface area contributed by atoms with Crippen LogP contribution in [0.1, 0.15) is 19.8 Å². The van der Waals surface area contributed by atoms with Crippen molar-refractivity contribution < 1.29 is 9.90 Å². The van der Waals surface area contributed by atoms with Gasteiger partial charge in [-0.1, -0.05) is 6.07 Å². The highest BCUT2D eigenvalue weighted by Gasteiger charge is 2.22. The van der Waals surface area contributed by atoms with E-state index in [1.165, 1.54) is 4.90 Å². The summed E-state index contributed by atoms with van der Waals surface area (Å²) in [5.41, 5.74) is 0. The molecule has 6 heteroatoms. The number of likely N-dealkylation sites (N-methyl/N-ethyl adjacent to an activating group) is 1. The van der Waals surface area contributed by atoms with Crippen molar-refractivity contribution in [3.8, 4) is 0 Å². The van der Waals surface area contributed by atoms with Gasteiger partial charge in [0, 0.05) is 38.9 Å². The van der Waals surface area contributed by atoms with Crippen LogP contribution in [-0.2, 0) is 0 Å². The summed E-state index contributed by atoms with van der Waals surface area (Å²) >= 11 is 0. The molecule has 116 valence electrons. The number of aliphatic hydroxyl groups is 1. The first-order valence-corrected chi connectivity index (χ1v) is 7.42. The predicted octanol–water partition coefficient (Wildman–Crippen LogP) is 1.07. The van der Waals surface area contributed by atoms with E-state index in [9.17, 15) is 9.90 Å². The number of urea groups is 1. The van der Waals surface area contributed by atoms with Gasteiger partial charge in [-0.25, -0.2) is 9.78 Å². The summed E-state index contributed by atoms with van der Waals surface area (Å²) in [6.07, 6.45) is 3.11. The molecule has 21 heavy (non-hydrogen) atoms. The number of nitrogens with one attached hydrogen (secondary N) is 1. The van der Waals surface area contributed by atoms with Crippen LogP contribution in [0.2, 0.25) is 0 Å². The van der Waals surface area contributed by atoms with Gasteiger partial charge in [0.2, 0.25) is 0 Å². The first-order valence-electron chi connectivity index (χ1n) is 7.42. The molecule has 1 aliphatic rings. The highest BCUT2D eigenvalue weighted by molar-refractivity contribution is 5.74. The number of aliphatic hydroxyl groups excluding tert-OH is 1. The fourth-order valence-electron chi connectivity index (χ4n) is 2.56. The number of amides is 2. The molecule has 1 saturated heterocycles. The molecule has 0 aliphatic carbocycles. The summed E-state index contributed by atoms with van der Waals surface area (Å²) in [4.78, 5) is 20.1. The van der Waals surface area contributed by atoms with Crippen LogP contribution < -0.4 is 10.2 Å². The van der Waals surface area contributed by atoms with Crippen molar-refractivity contribution >= 4 is 11.8 Å². The molecule has 0 saturated carbocycles. The lowest BCUT2D eigenvalue weighted by atomic mass is 10.1. The number of hydrogen-bond donors (Lipinski definition) is 2. The minimum Gasteiger partial charge on any atom is -0.392 e. The van der Waals surface area contributed by atoms with Crippen molar-refractivity contribution in [1.29, 1.82) is 0 Å². The third-order valence-corrected chi connectivity index (χ3v) is 3.68. The van der Waals surface area contributed by atoms with Crippen LogP contribution in [0.25, 0.3) is 0 Å². The topological polar surface area (TPSA) is 68.7 Å². The van der Waals surface area contributed by atoms with Gasteiger partial charge in [0.05, 0.1) is 6.10 Å². The number of aromatic nitrogens is 1. The molecular formula is C15H24N4O2. The van der Waals surface area contributed by atoms with Gasteiger partial charge in [-0.2, -0.15) is 0 Å². The van der Waals surface area contributed by atoms with Gasteiger partial charge in [0.25, 0.3) is 0 Å². The molecule has 1 atom stereocenters. The van der Waals surface area contributed by atoms with Gasteiger partial charge in [0.1, 0.15) is 5.82 Å². The molecule has 1 aromatic rings. The number of hydrogen-bond acceptors (Lipinski definition) is 4. The van der Waals surface area contributed by atoms with Crippen molar-refractivity contribution in [3.05, 3.63) is 24.4 Å². The normalized spacial score (nSPS) is 17.4. The van der Waals surface area contributed by atoms with Crippen LogP contribution in [0.15, 0.2) is 24.4 Å². The Hall–Kier alpha value is -1.82. The fourth-order valence-corrected chi connectivity index (χ4v) is 2.56. The van der Waals surface area contributed by atoms with E-state index in [1.807, 2.05) is 18.2 Å². The molecule has 1 unspecified atom stereocenters. The van der Waals surface area contributed by atoms with Gasteiger partial charge in [-0.15, -0.1) is 0 Å². The number of rotatable bonds is 4. The Labute approximate surface area is 125 Å². The van der Waals surface area contributed by atoms with E-state index in [1.54, 1.807) is 20.2 Å². The molecule has 1 aromatic heterocycles. The Balaban J connectivity index is 1.78. The van der Waals surface area contributed by atoms with E-state index in [4.69, 9.17) is 0 Å². The largest absolute Gasteiger partial charge is 0.392 e. The zero-order valence-corrected chi connectivity index (χ0v) is 12.7. The zero-order chi connectivity index (χ0) is 15.2. The number of anilines is 1. The van der Waals surface area contributed by atoms with E-state index in [-0.39, 0.29) is 12.1 Å². The number of nitrogens with zero attached hydrogens (tertiary/aromatic N) is 3. The minimum absolute atomic E-state index is 0.118. The second-order valence-corrected chi connectivity index (χ2v) is 5.63. The van der Waals surface area contributed by atoms with Gasteiger partial charge in [0.15, 0.2) is 0 Å². The summed E-state index contributed by atoms with van der Waals surface area (Å²) in [5.74, 6) is 0.994. The smallest absolute Gasteiger partial charge is 0.317 e. The van der Waals surface area contributed by atoms with E-state index >= 15 is 0 Å². The molecule has 1 aliphatic heterocycles. The lowest BCUT2D eigenvalue weighted by Crippen LogP contribution is -2.49. The first-order chi connectivity index (χ1) is 10.1. The van der Waals surface area contributed by atoms with Crippen LogP contribution in [0, 0.1) is 0 Å². The molecule has 2 heterocycles. The van der Waals surface area contributed by atoms with Gasteiger partial charge >= 0.3 is 6.03 Å². The molecule has 1 fully saturated rings.